The maximum absolute atomic E-state index is 13.4. The molecule has 0 aliphatic rings. The molecular formula is C26H23NO5S2. The van der Waals surface area contributed by atoms with Gasteiger partial charge in [-0.15, -0.1) is 11.8 Å². The summed E-state index contributed by atoms with van der Waals surface area (Å²) in [7, 11) is -1.03. The molecular weight excluding hydrogens is 470 g/mol. The Morgan fingerprint density at radius 3 is 2.24 bits per heavy atom. The van der Waals surface area contributed by atoms with Crippen molar-refractivity contribution in [2.75, 3.05) is 24.7 Å². The van der Waals surface area contributed by atoms with Gasteiger partial charge in [0.25, 0.3) is 10.0 Å². The van der Waals surface area contributed by atoms with E-state index in [-0.39, 0.29) is 16.6 Å². The number of anilines is 1. The van der Waals surface area contributed by atoms with Gasteiger partial charge in [0.1, 0.15) is 5.75 Å². The fourth-order valence-corrected chi connectivity index (χ4v) is 5.63. The first-order chi connectivity index (χ1) is 16.4. The van der Waals surface area contributed by atoms with Crippen molar-refractivity contribution in [3.63, 3.8) is 0 Å². The van der Waals surface area contributed by atoms with E-state index >= 15 is 0 Å². The largest absolute Gasteiger partial charge is 0.495 e. The first-order valence-electron chi connectivity index (χ1n) is 10.4. The predicted octanol–water partition coefficient (Wildman–Crippen LogP) is 5.58. The number of rotatable bonds is 8. The number of benzene rings is 4. The summed E-state index contributed by atoms with van der Waals surface area (Å²) in [5, 5.41) is 1.42. The Labute approximate surface area is 203 Å². The Morgan fingerprint density at radius 2 is 1.53 bits per heavy atom. The van der Waals surface area contributed by atoms with E-state index in [4.69, 9.17) is 9.47 Å². The highest BCUT2D eigenvalue weighted by Crippen LogP contribution is 2.41. The van der Waals surface area contributed by atoms with E-state index in [2.05, 4.69) is 4.72 Å². The Kier molecular flexibility index (Phi) is 7.09. The summed E-state index contributed by atoms with van der Waals surface area (Å²) in [6, 6.07) is 25.4. The van der Waals surface area contributed by atoms with Crippen LogP contribution in [0.1, 0.15) is 0 Å². The molecule has 0 amide bonds. The minimum atomic E-state index is -3.90. The lowest BCUT2D eigenvalue weighted by Crippen LogP contribution is -2.13. The van der Waals surface area contributed by atoms with E-state index in [0.29, 0.717) is 21.7 Å². The summed E-state index contributed by atoms with van der Waals surface area (Å²) >= 11 is 1.22. The van der Waals surface area contributed by atoms with Crippen molar-refractivity contribution in [3.05, 3.63) is 84.9 Å². The normalized spacial score (nSPS) is 11.2. The zero-order valence-corrected chi connectivity index (χ0v) is 20.3. The van der Waals surface area contributed by atoms with Gasteiger partial charge in [-0.05, 0) is 29.3 Å². The van der Waals surface area contributed by atoms with Crippen LogP contribution in [0.5, 0.6) is 5.75 Å². The maximum atomic E-state index is 13.4. The van der Waals surface area contributed by atoms with Crippen LogP contribution >= 0.6 is 11.8 Å². The number of hydrogen-bond acceptors (Lipinski definition) is 6. The van der Waals surface area contributed by atoms with E-state index in [0.717, 1.165) is 16.5 Å². The summed E-state index contributed by atoms with van der Waals surface area (Å²) in [4.78, 5) is 12.5. The molecule has 4 aromatic rings. The van der Waals surface area contributed by atoms with Crippen LogP contribution in [0.2, 0.25) is 0 Å². The molecule has 0 aliphatic heterocycles. The fourth-order valence-electron chi connectivity index (χ4n) is 3.60. The van der Waals surface area contributed by atoms with Gasteiger partial charge in [0.15, 0.2) is 0 Å². The predicted molar refractivity (Wildman–Crippen MR) is 136 cm³/mol. The number of sulfonamides is 1. The highest BCUT2D eigenvalue weighted by Gasteiger charge is 2.20. The number of ether oxygens (including phenoxy) is 2. The highest BCUT2D eigenvalue weighted by atomic mass is 32.2. The fraction of sp³-hybridized carbons (Fsp3) is 0.115. The summed E-state index contributed by atoms with van der Waals surface area (Å²) in [6.45, 7) is 0. The zero-order valence-electron chi connectivity index (χ0n) is 18.6. The number of carbonyl (C=O) groups is 1. The average molecular weight is 494 g/mol. The van der Waals surface area contributed by atoms with Crippen molar-refractivity contribution in [2.45, 2.75) is 9.79 Å². The lowest BCUT2D eigenvalue weighted by Gasteiger charge is -2.17. The van der Waals surface area contributed by atoms with Crippen LogP contribution in [0.25, 0.3) is 21.9 Å². The Bertz CT molecular complexity index is 1440. The molecule has 174 valence electrons. The number of esters is 1. The third kappa shape index (κ3) is 5.03. The third-order valence-electron chi connectivity index (χ3n) is 5.23. The monoisotopic (exact) mass is 493 g/mol. The van der Waals surface area contributed by atoms with Gasteiger partial charge < -0.3 is 9.47 Å². The molecule has 0 fully saturated rings. The van der Waals surface area contributed by atoms with Crippen molar-refractivity contribution in [1.82, 2.24) is 0 Å². The molecule has 0 aliphatic carbocycles. The molecule has 6 nitrogen and oxygen atoms in total. The van der Waals surface area contributed by atoms with Crippen LogP contribution in [0.3, 0.4) is 0 Å². The van der Waals surface area contributed by atoms with Crippen LogP contribution < -0.4 is 9.46 Å². The molecule has 4 aromatic carbocycles. The molecule has 0 bridgehead atoms. The molecule has 0 unspecified atom stereocenters. The second-order valence-electron chi connectivity index (χ2n) is 7.37. The number of thioether (sulfide) groups is 1. The zero-order chi connectivity index (χ0) is 24.1. The number of fused-ring (bicyclic) bond motifs is 1. The van der Waals surface area contributed by atoms with E-state index in [1.54, 1.807) is 31.4 Å². The summed E-state index contributed by atoms with van der Waals surface area (Å²) in [6.07, 6.45) is 0. The Balaban J connectivity index is 1.76. The molecule has 0 atom stereocenters. The van der Waals surface area contributed by atoms with Crippen LogP contribution in [-0.4, -0.2) is 34.4 Å². The Morgan fingerprint density at radius 1 is 0.853 bits per heavy atom. The SMILES string of the molecule is COC(=O)CSc1cc(NS(=O)(=O)c2cccc(-c3ccccc3)c2)c2ccccc2c1OC. The number of carbonyl (C=O) groups excluding carboxylic acids is 1. The second kappa shape index (κ2) is 10.2. The van der Waals surface area contributed by atoms with Crippen LogP contribution in [0.4, 0.5) is 5.69 Å². The van der Waals surface area contributed by atoms with Gasteiger partial charge in [-0.2, -0.15) is 0 Å². The van der Waals surface area contributed by atoms with Crippen LogP contribution in [-0.2, 0) is 19.6 Å². The minimum Gasteiger partial charge on any atom is -0.495 e. The van der Waals surface area contributed by atoms with Gasteiger partial charge in [-0.3, -0.25) is 9.52 Å². The van der Waals surface area contributed by atoms with Crippen molar-refractivity contribution < 1.29 is 22.7 Å². The molecule has 0 radical (unpaired) electrons. The van der Waals surface area contributed by atoms with E-state index in [9.17, 15) is 13.2 Å². The average Bonchev–Trinajstić information content (AvgIpc) is 2.87. The van der Waals surface area contributed by atoms with E-state index < -0.39 is 10.0 Å². The lowest BCUT2D eigenvalue weighted by molar-refractivity contribution is -0.137. The van der Waals surface area contributed by atoms with Gasteiger partial charge in [-0.25, -0.2) is 8.42 Å². The first kappa shape index (κ1) is 23.7. The Hall–Kier alpha value is -3.49. The molecule has 0 spiro atoms. The lowest BCUT2D eigenvalue weighted by atomic mass is 10.1. The topological polar surface area (TPSA) is 81.7 Å². The molecule has 1 N–H and O–H groups in total. The van der Waals surface area contributed by atoms with Gasteiger partial charge in [0.2, 0.25) is 0 Å². The molecule has 0 saturated carbocycles. The van der Waals surface area contributed by atoms with E-state index in [1.165, 1.54) is 18.9 Å². The molecule has 4 rings (SSSR count). The number of nitrogens with one attached hydrogen (secondary N) is 1. The van der Waals surface area contributed by atoms with Gasteiger partial charge in [0.05, 0.1) is 35.5 Å². The van der Waals surface area contributed by atoms with Crippen molar-refractivity contribution in [3.8, 4) is 16.9 Å². The highest BCUT2D eigenvalue weighted by molar-refractivity contribution is 8.00. The quantitative estimate of drug-likeness (QED) is 0.255. The van der Waals surface area contributed by atoms with Gasteiger partial charge in [-0.1, -0.05) is 66.7 Å². The molecule has 34 heavy (non-hydrogen) atoms. The van der Waals surface area contributed by atoms with Crippen molar-refractivity contribution >= 4 is 44.2 Å². The second-order valence-corrected chi connectivity index (χ2v) is 10.1. The van der Waals surface area contributed by atoms with Gasteiger partial charge in [0, 0.05) is 10.8 Å². The van der Waals surface area contributed by atoms with Gasteiger partial charge >= 0.3 is 5.97 Å². The van der Waals surface area contributed by atoms with Crippen LogP contribution in [0.15, 0.2) is 94.7 Å². The summed E-state index contributed by atoms with van der Waals surface area (Å²) in [5.74, 6) is 0.245. The van der Waals surface area contributed by atoms with Crippen LogP contribution in [0, 0.1) is 0 Å². The summed E-state index contributed by atoms with van der Waals surface area (Å²) in [5.41, 5.74) is 2.13. The summed E-state index contributed by atoms with van der Waals surface area (Å²) < 4.78 is 39.9. The third-order valence-corrected chi connectivity index (χ3v) is 7.59. The number of hydrogen-bond donors (Lipinski definition) is 1. The van der Waals surface area contributed by atoms with Crippen molar-refractivity contribution in [1.29, 1.82) is 0 Å². The first-order valence-corrected chi connectivity index (χ1v) is 12.9. The van der Waals surface area contributed by atoms with Crippen molar-refractivity contribution in [2.24, 2.45) is 0 Å². The molecule has 0 saturated heterocycles. The van der Waals surface area contributed by atoms with E-state index in [1.807, 2.05) is 60.7 Å². The molecule has 8 heteroatoms. The molecule has 0 aromatic heterocycles. The maximum Gasteiger partial charge on any atom is 0.315 e. The number of methoxy groups -OCH3 is 2. The minimum absolute atomic E-state index is 0.0660. The standard InChI is InChI=1S/C26H23NO5S2/c1-31-25(28)17-33-24-16-23(21-13-6-7-14-22(21)26(24)32-2)27-34(29,30)20-12-8-11-19(15-20)18-9-4-3-5-10-18/h3-16,27H,17H2,1-2H3. The smallest absolute Gasteiger partial charge is 0.315 e. The molecule has 0 heterocycles.